The summed E-state index contributed by atoms with van der Waals surface area (Å²) in [5, 5.41) is 10.1. The SMILES string of the molecule is CN(CCC(O)CN1CCCC1)Cc1ccccc1. The first-order chi connectivity index (χ1) is 9.24. The molecule has 1 fully saturated rings. The van der Waals surface area contributed by atoms with Crippen LogP contribution >= 0.6 is 0 Å². The van der Waals surface area contributed by atoms with E-state index in [9.17, 15) is 5.11 Å². The van der Waals surface area contributed by atoms with Crippen molar-refractivity contribution in [2.24, 2.45) is 0 Å². The summed E-state index contributed by atoms with van der Waals surface area (Å²) in [6.07, 6.45) is 3.26. The predicted octanol–water partition coefficient (Wildman–Crippen LogP) is 1.97. The Hall–Kier alpha value is -0.900. The van der Waals surface area contributed by atoms with Crippen LogP contribution in [0.3, 0.4) is 0 Å². The van der Waals surface area contributed by atoms with Gasteiger partial charge in [-0.25, -0.2) is 0 Å². The largest absolute Gasteiger partial charge is 0.392 e. The number of hydrogen-bond acceptors (Lipinski definition) is 3. The third kappa shape index (κ3) is 5.31. The van der Waals surface area contributed by atoms with Gasteiger partial charge in [-0.05, 0) is 45.0 Å². The molecule has 1 aliphatic heterocycles. The van der Waals surface area contributed by atoms with Gasteiger partial charge in [0.05, 0.1) is 6.10 Å². The van der Waals surface area contributed by atoms with Crippen molar-refractivity contribution in [3.63, 3.8) is 0 Å². The van der Waals surface area contributed by atoms with E-state index < -0.39 is 0 Å². The van der Waals surface area contributed by atoms with Crippen molar-refractivity contribution in [3.05, 3.63) is 35.9 Å². The zero-order valence-corrected chi connectivity index (χ0v) is 12.0. The Balaban J connectivity index is 1.63. The van der Waals surface area contributed by atoms with Gasteiger partial charge in [0.15, 0.2) is 0 Å². The number of β-amino-alcohol motifs (C(OH)–C–C–N with tert-alkyl or cyclic N) is 1. The molecule has 19 heavy (non-hydrogen) atoms. The molecule has 0 aliphatic carbocycles. The van der Waals surface area contributed by atoms with Gasteiger partial charge in [-0.1, -0.05) is 30.3 Å². The van der Waals surface area contributed by atoms with Crippen LogP contribution in [0.25, 0.3) is 0 Å². The highest BCUT2D eigenvalue weighted by atomic mass is 16.3. The highest BCUT2D eigenvalue weighted by molar-refractivity contribution is 5.14. The average molecular weight is 262 g/mol. The van der Waals surface area contributed by atoms with Gasteiger partial charge in [-0.2, -0.15) is 0 Å². The summed E-state index contributed by atoms with van der Waals surface area (Å²) < 4.78 is 0. The molecule has 1 aliphatic rings. The summed E-state index contributed by atoms with van der Waals surface area (Å²) in [7, 11) is 2.12. The van der Waals surface area contributed by atoms with Crippen molar-refractivity contribution in [2.45, 2.75) is 31.9 Å². The van der Waals surface area contributed by atoms with Gasteiger partial charge >= 0.3 is 0 Å². The maximum Gasteiger partial charge on any atom is 0.0679 e. The molecule has 0 spiro atoms. The minimum atomic E-state index is -0.184. The van der Waals surface area contributed by atoms with Crippen LogP contribution in [0.2, 0.25) is 0 Å². The molecule has 0 bridgehead atoms. The molecule has 2 rings (SSSR count). The number of likely N-dealkylation sites (tertiary alicyclic amines) is 1. The van der Waals surface area contributed by atoms with Crippen LogP contribution in [0.4, 0.5) is 0 Å². The molecular formula is C16H26N2O. The monoisotopic (exact) mass is 262 g/mol. The van der Waals surface area contributed by atoms with Crippen LogP contribution in [0.1, 0.15) is 24.8 Å². The smallest absolute Gasteiger partial charge is 0.0679 e. The molecule has 1 aromatic carbocycles. The van der Waals surface area contributed by atoms with Gasteiger partial charge in [0.1, 0.15) is 0 Å². The van der Waals surface area contributed by atoms with Crippen LogP contribution in [-0.4, -0.2) is 54.2 Å². The number of aliphatic hydroxyl groups is 1. The van der Waals surface area contributed by atoms with Crippen LogP contribution in [0.5, 0.6) is 0 Å². The van der Waals surface area contributed by atoms with Crippen LogP contribution in [-0.2, 0) is 6.54 Å². The van der Waals surface area contributed by atoms with Gasteiger partial charge < -0.3 is 14.9 Å². The Morgan fingerprint density at radius 1 is 1.21 bits per heavy atom. The molecule has 0 saturated carbocycles. The molecule has 3 nitrogen and oxygen atoms in total. The summed E-state index contributed by atoms with van der Waals surface area (Å²) in [4.78, 5) is 4.66. The number of rotatable bonds is 7. The molecular weight excluding hydrogens is 236 g/mol. The Bertz CT molecular complexity index is 349. The van der Waals surface area contributed by atoms with E-state index in [4.69, 9.17) is 0 Å². The quantitative estimate of drug-likeness (QED) is 0.814. The van der Waals surface area contributed by atoms with E-state index >= 15 is 0 Å². The molecule has 0 amide bonds. The Morgan fingerprint density at radius 2 is 1.89 bits per heavy atom. The Morgan fingerprint density at radius 3 is 2.58 bits per heavy atom. The molecule has 1 N–H and O–H groups in total. The second-order valence-corrected chi connectivity index (χ2v) is 5.67. The minimum Gasteiger partial charge on any atom is -0.392 e. The molecule has 1 unspecified atom stereocenters. The highest BCUT2D eigenvalue weighted by Crippen LogP contribution is 2.09. The number of benzene rings is 1. The first-order valence-corrected chi connectivity index (χ1v) is 7.37. The van der Waals surface area contributed by atoms with Crippen molar-refractivity contribution in [3.8, 4) is 0 Å². The fraction of sp³-hybridized carbons (Fsp3) is 0.625. The summed E-state index contributed by atoms with van der Waals surface area (Å²) >= 11 is 0. The van der Waals surface area contributed by atoms with Gasteiger partial charge in [0.25, 0.3) is 0 Å². The van der Waals surface area contributed by atoms with E-state index in [0.29, 0.717) is 0 Å². The number of aliphatic hydroxyl groups excluding tert-OH is 1. The second-order valence-electron chi connectivity index (χ2n) is 5.67. The van der Waals surface area contributed by atoms with Crippen molar-refractivity contribution in [2.75, 3.05) is 33.2 Å². The fourth-order valence-corrected chi connectivity index (χ4v) is 2.70. The van der Waals surface area contributed by atoms with E-state index in [0.717, 1.165) is 39.1 Å². The van der Waals surface area contributed by atoms with Gasteiger partial charge in [0, 0.05) is 19.6 Å². The molecule has 106 valence electrons. The lowest BCUT2D eigenvalue weighted by molar-refractivity contribution is 0.105. The lowest BCUT2D eigenvalue weighted by atomic mass is 10.2. The molecule has 0 aromatic heterocycles. The van der Waals surface area contributed by atoms with E-state index in [-0.39, 0.29) is 6.10 Å². The standard InChI is InChI=1S/C16H26N2O/c1-17(13-15-7-3-2-4-8-15)12-9-16(19)14-18-10-5-6-11-18/h2-4,7-8,16,19H,5-6,9-14H2,1H3. The molecule has 1 atom stereocenters. The molecule has 0 radical (unpaired) electrons. The predicted molar refractivity (Wildman–Crippen MR) is 79.1 cm³/mol. The van der Waals surface area contributed by atoms with Crippen LogP contribution in [0, 0.1) is 0 Å². The van der Waals surface area contributed by atoms with Crippen molar-refractivity contribution < 1.29 is 5.11 Å². The minimum absolute atomic E-state index is 0.184. The normalized spacial score (nSPS) is 18.1. The maximum absolute atomic E-state index is 10.1. The third-order valence-corrected chi connectivity index (χ3v) is 3.81. The molecule has 1 heterocycles. The number of hydrogen-bond donors (Lipinski definition) is 1. The third-order valence-electron chi connectivity index (χ3n) is 3.81. The molecule has 1 saturated heterocycles. The van der Waals surface area contributed by atoms with Crippen molar-refractivity contribution >= 4 is 0 Å². The summed E-state index contributed by atoms with van der Waals surface area (Å²) in [6, 6.07) is 10.5. The summed E-state index contributed by atoms with van der Waals surface area (Å²) in [6.45, 7) is 5.08. The van der Waals surface area contributed by atoms with Gasteiger partial charge in [-0.15, -0.1) is 0 Å². The highest BCUT2D eigenvalue weighted by Gasteiger charge is 2.15. The van der Waals surface area contributed by atoms with Crippen LogP contribution in [0.15, 0.2) is 30.3 Å². The van der Waals surface area contributed by atoms with E-state index in [1.807, 2.05) is 6.07 Å². The first-order valence-electron chi connectivity index (χ1n) is 7.37. The van der Waals surface area contributed by atoms with E-state index in [2.05, 4.69) is 41.1 Å². The second kappa shape index (κ2) is 7.63. The topological polar surface area (TPSA) is 26.7 Å². The van der Waals surface area contributed by atoms with Crippen molar-refractivity contribution in [1.29, 1.82) is 0 Å². The van der Waals surface area contributed by atoms with E-state index in [1.54, 1.807) is 0 Å². The zero-order chi connectivity index (χ0) is 13.5. The zero-order valence-electron chi connectivity index (χ0n) is 12.0. The first kappa shape index (κ1) is 14.5. The Labute approximate surface area is 116 Å². The van der Waals surface area contributed by atoms with E-state index in [1.165, 1.54) is 18.4 Å². The van der Waals surface area contributed by atoms with Crippen LogP contribution < -0.4 is 0 Å². The lowest BCUT2D eigenvalue weighted by Gasteiger charge is -2.22. The molecule has 3 heteroatoms. The average Bonchev–Trinajstić information content (AvgIpc) is 2.90. The summed E-state index contributed by atoms with van der Waals surface area (Å²) in [5.74, 6) is 0. The maximum atomic E-state index is 10.1. The number of nitrogens with zero attached hydrogens (tertiary/aromatic N) is 2. The lowest BCUT2D eigenvalue weighted by Crippen LogP contribution is -2.32. The molecule has 1 aromatic rings. The summed E-state index contributed by atoms with van der Waals surface area (Å²) in [5.41, 5.74) is 1.33. The Kier molecular flexibility index (Phi) is 5.83. The van der Waals surface area contributed by atoms with Gasteiger partial charge in [0.2, 0.25) is 0 Å². The van der Waals surface area contributed by atoms with Crippen molar-refractivity contribution in [1.82, 2.24) is 9.80 Å². The van der Waals surface area contributed by atoms with Gasteiger partial charge in [-0.3, -0.25) is 0 Å². The fourth-order valence-electron chi connectivity index (χ4n) is 2.70.